The number of benzene rings is 2. The molecule has 0 aliphatic carbocycles. The van der Waals surface area contributed by atoms with Crippen LogP contribution < -0.4 is 15.8 Å². The van der Waals surface area contributed by atoms with Crippen LogP contribution in [-0.2, 0) is 4.79 Å². The maximum atomic E-state index is 12.2. The fraction of sp³-hybridized carbons (Fsp3) is 0.300. The number of nitrogens with zero attached hydrogens (tertiary/aromatic N) is 2. The lowest BCUT2D eigenvalue weighted by atomic mass is 9.94. The van der Waals surface area contributed by atoms with Crippen molar-refractivity contribution < 1.29 is 9.53 Å². The van der Waals surface area contributed by atoms with Crippen LogP contribution in [0, 0.1) is 5.92 Å². The van der Waals surface area contributed by atoms with Gasteiger partial charge in [-0.1, -0.05) is 36.4 Å². The second-order valence-electron chi connectivity index (χ2n) is 6.41. The van der Waals surface area contributed by atoms with Gasteiger partial charge in [0.15, 0.2) is 5.96 Å². The Kier molecular flexibility index (Phi) is 7.46. The number of carbonyl (C=O) groups excluding carboxylic acids is 1. The van der Waals surface area contributed by atoms with Gasteiger partial charge in [0.05, 0.1) is 13.2 Å². The van der Waals surface area contributed by atoms with Crippen molar-refractivity contribution in [1.29, 1.82) is 0 Å². The minimum absolute atomic E-state index is 0. The van der Waals surface area contributed by atoms with Gasteiger partial charge >= 0.3 is 0 Å². The Morgan fingerprint density at radius 2 is 2.00 bits per heavy atom. The van der Waals surface area contributed by atoms with Crippen LogP contribution in [0.15, 0.2) is 59.6 Å². The Morgan fingerprint density at radius 3 is 2.70 bits per heavy atom. The first kappa shape index (κ1) is 21.0. The van der Waals surface area contributed by atoms with Crippen LogP contribution in [0.25, 0.3) is 0 Å². The van der Waals surface area contributed by atoms with E-state index in [2.05, 4.69) is 10.3 Å². The van der Waals surface area contributed by atoms with E-state index in [-0.39, 0.29) is 41.8 Å². The zero-order valence-electron chi connectivity index (χ0n) is 15.5. The number of carbonyl (C=O) groups is 1. The number of ether oxygens (including phenoxy) is 1. The van der Waals surface area contributed by atoms with Crippen molar-refractivity contribution in [1.82, 2.24) is 4.90 Å². The van der Waals surface area contributed by atoms with Crippen LogP contribution in [0.5, 0.6) is 5.75 Å². The Balaban J connectivity index is 0.00000261. The summed E-state index contributed by atoms with van der Waals surface area (Å²) in [4.78, 5) is 18.5. The van der Waals surface area contributed by atoms with Crippen LogP contribution in [-0.4, -0.2) is 37.5 Å². The molecule has 1 aliphatic rings. The van der Waals surface area contributed by atoms with Gasteiger partial charge in [0.2, 0.25) is 5.91 Å². The molecule has 0 spiro atoms. The largest absolute Gasteiger partial charge is 0.497 e. The summed E-state index contributed by atoms with van der Waals surface area (Å²) < 4.78 is 5.20. The second kappa shape index (κ2) is 9.59. The molecule has 144 valence electrons. The Labute approximate surface area is 176 Å². The zero-order chi connectivity index (χ0) is 18.5. The molecule has 0 radical (unpaired) electrons. The molecule has 1 aliphatic heterocycles. The molecule has 2 atom stereocenters. The number of aliphatic imine (C=N–C) groups is 1. The van der Waals surface area contributed by atoms with Crippen molar-refractivity contribution in [3.8, 4) is 5.75 Å². The number of hydrogen-bond acceptors (Lipinski definition) is 3. The monoisotopic (exact) mass is 480 g/mol. The quantitative estimate of drug-likeness (QED) is 0.391. The van der Waals surface area contributed by atoms with Crippen molar-refractivity contribution >= 4 is 41.5 Å². The smallest absolute Gasteiger partial charge is 0.223 e. The maximum Gasteiger partial charge on any atom is 0.223 e. The lowest BCUT2D eigenvalue weighted by Crippen LogP contribution is -2.27. The number of rotatable bonds is 5. The minimum atomic E-state index is 0. The molecule has 1 fully saturated rings. The molecule has 0 aromatic heterocycles. The van der Waals surface area contributed by atoms with Crippen molar-refractivity contribution in [3.63, 3.8) is 0 Å². The first-order valence-corrected chi connectivity index (χ1v) is 8.60. The van der Waals surface area contributed by atoms with Crippen molar-refractivity contribution in [2.45, 2.75) is 12.5 Å². The molecule has 2 aromatic rings. The summed E-state index contributed by atoms with van der Waals surface area (Å²) in [5.41, 5.74) is 7.96. The zero-order valence-corrected chi connectivity index (χ0v) is 17.8. The van der Waals surface area contributed by atoms with Crippen LogP contribution in [0.2, 0.25) is 0 Å². The second-order valence-corrected chi connectivity index (χ2v) is 6.41. The van der Waals surface area contributed by atoms with Crippen LogP contribution in [0.1, 0.15) is 18.0 Å². The van der Waals surface area contributed by atoms with Gasteiger partial charge in [0.25, 0.3) is 0 Å². The summed E-state index contributed by atoms with van der Waals surface area (Å²) in [6, 6.07) is 17.6. The molecular formula is C20H25IN4O2. The molecule has 0 bridgehead atoms. The van der Waals surface area contributed by atoms with E-state index in [1.165, 1.54) is 0 Å². The molecular weight excluding hydrogens is 455 g/mol. The van der Waals surface area contributed by atoms with Gasteiger partial charge in [-0.2, -0.15) is 0 Å². The van der Waals surface area contributed by atoms with Gasteiger partial charge in [-0.3, -0.25) is 9.79 Å². The molecule has 2 aromatic carbocycles. The summed E-state index contributed by atoms with van der Waals surface area (Å²) in [7, 11) is 3.47. The van der Waals surface area contributed by atoms with Gasteiger partial charge < -0.3 is 20.7 Å². The van der Waals surface area contributed by atoms with E-state index in [1.807, 2.05) is 61.6 Å². The molecule has 7 heteroatoms. The Morgan fingerprint density at radius 1 is 1.26 bits per heavy atom. The van der Waals surface area contributed by atoms with Crippen LogP contribution in [0.4, 0.5) is 5.69 Å². The lowest BCUT2D eigenvalue weighted by molar-refractivity contribution is -0.127. The van der Waals surface area contributed by atoms with E-state index in [1.54, 1.807) is 12.0 Å². The number of nitrogens with two attached hydrogens (primary N) is 1. The third-order valence-electron chi connectivity index (χ3n) is 4.67. The van der Waals surface area contributed by atoms with Gasteiger partial charge in [-0.05, 0) is 17.7 Å². The van der Waals surface area contributed by atoms with Gasteiger partial charge in [0, 0.05) is 37.7 Å². The van der Waals surface area contributed by atoms with Crippen molar-refractivity contribution in [3.05, 3.63) is 60.2 Å². The van der Waals surface area contributed by atoms with E-state index < -0.39 is 0 Å². The third kappa shape index (κ3) is 5.12. The highest BCUT2D eigenvalue weighted by molar-refractivity contribution is 14.0. The normalized spacial score (nSPS) is 19.6. The Hall–Kier alpha value is -2.29. The standard InChI is InChI=1S/C20H24N4O2.HI/c1-24-18(25)11-15(19(24)14-7-4-3-5-8-14)13-22-20(21)23-16-9-6-10-17(12-16)26-2;/h3-10,12,15,19H,11,13H2,1-2H3,(H3,21,22,23);1H/t15-,19-;/m0./s1. The highest BCUT2D eigenvalue weighted by Gasteiger charge is 2.38. The molecule has 0 saturated carbocycles. The number of guanidine groups is 1. The average molecular weight is 480 g/mol. The third-order valence-corrected chi connectivity index (χ3v) is 4.67. The van der Waals surface area contributed by atoms with Gasteiger partial charge in [0.1, 0.15) is 5.75 Å². The SMILES string of the molecule is COc1cccc(NC(N)=NC[C@@H]2CC(=O)N(C)[C@H]2c2ccccc2)c1.I. The summed E-state index contributed by atoms with van der Waals surface area (Å²) in [6.07, 6.45) is 0.478. The molecule has 1 amide bonds. The van der Waals surface area contributed by atoms with E-state index >= 15 is 0 Å². The first-order chi connectivity index (χ1) is 12.6. The van der Waals surface area contributed by atoms with E-state index in [0.29, 0.717) is 18.9 Å². The number of amides is 1. The predicted molar refractivity (Wildman–Crippen MR) is 119 cm³/mol. The van der Waals surface area contributed by atoms with E-state index in [4.69, 9.17) is 10.5 Å². The number of anilines is 1. The number of hydrogen-bond donors (Lipinski definition) is 2. The summed E-state index contributed by atoms with van der Waals surface area (Å²) in [5, 5.41) is 3.07. The predicted octanol–water partition coefficient (Wildman–Crippen LogP) is 3.26. The molecule has 3 N–H and O–H groups in total. The van der Waals surface area contributed by atoms with E-state index in [9.17, 15) is 4.79 Å². The summed E-state index contributed by atoms with van der Waals surface area (Å²) in [6.45, 7) is 0.485. The fourth-order valence-electron chi connectivity index (χ4n) is 3.37. The highest BCUT2D eigenvalue weighted by atomic mass is 127. The lowest BCUT2D eigenvalue weighted by Gasteiger charge is -2.24. The highest BCUT2D eigenvalue weighted by Crippen LogP contribution is 2.36. The Bertz CT molecular complexity index is 798. The molecule has 6 nitrogen and oxygen atoms in total. The summed E-state index contributed by atoms with van der Waals surface area (Å²) in [5.74, 6) is 1.31. The molecule has 1 saturated heterocycles. The van der Waals surface area contributed by atoms with Crippen molar-refractivity contribution in [2.24, 2.45) is 16.6 Å². The summed E-state index contributed by atoms with van der Waals surface area (Å²) >= 11 is 0. The fourth-order valence-corrected chi connectivity index (χ4v) is 3.37. The van der Waals surface area contributed by atoms with Gasteiger partial charge in [-0.15, -0.1) is 24.0 Å². The molecule has 27 heavy (non-hydrogen) atoms. The maximum absolute atomic E-state index is 12.2. The number of likely N-dealkylation sites (tertiary alicyclic amines) is 1. The van der Waals surface area contributed by atoms with E-state index in [0.717, 1.165) is 17.0 Å². The van der Waals surface area contributed by atoms with Crippen LogP contribution >= 0.6 is 24.0 Å². The molecule has 1 heterocycles. The van der Waals surface area contributed by atoms with Crippen LogP contribution in [0.3, 0.4) is 0 Å². The molecule has 3 rings (SSSR count). The average Bonchev–Trinajstić information content (AvgIpc) is 2.95. The topological polar surface area (TPSA) is 80.0 Å². The number of nitrogens with one attached hydrogen (secondary N) is 1. The number of halogens is 1. The van der Waals surface area contributed by atoms with Crippen molar-refractivity contribution in [2.75, 3.05) is 26.0 Å². The first-order valence-electron chi connectivity index (χ1n) is 8.60. The molecule has 0 unspecified atom stereocenters. The van der Waals surface area contributed by atoms with Gasteiger partial charge in [-0.25, -0.2) is 0 Å². The minimum Gasteiger partial charge on any atom is -0.497 e. The number of methoxy groups -OCH3 is 1.